The van der Waals surface area contributed by atoms with Crippen molar-refractivity contribution < 1.29 is 75.6 Å². The zero-order chi connectivity index (χ0) is 0. The van der Waals surface area contributed by atoms with Gasteiger partial charge in [0.15, 0.2) is 0 Å². The molecule has 0 saturated heterocycles. The summed E-state index contributed by atoms with van der Waals surface area (Å²) in [5.41, 5.74) is 0. The minimum Gasteiger partial charge on any atom is -0.114 e. The van der Waals surface area contributed by atoms with Gasteiger partial charge in [-0.15, -0.1) is 17.0 Å². The minimum atomic E-state index is 0. The van der Waals surface area contributed by atoms with Crippen molar-refractivity contribution in [2.24, 2.45) is 0 Å². The van der Waals surface area contributed by atoms with Gasteiger partial charge in [-0.05, 0) is 0 Å². The Hall–Kier alpha value is 2.88. The van der Waals surface area contributed by atoms with Crippen LogP contribution in [-0.2, 0) is 33.8 Å². The predicted octanol–water partition coefficient (Wildman–Crippen LogP) is 0.573. The van der Waals surface area contributed by atoms with E-state index in [1.807, 2.05) is 0 Å². The van der Waals surface area contributed by atoms with Crippen molar-refractivity contribution in [3.8, 4) is 0 Å². The van der Waals surface area contributed by atoms with Crippen molar-refractivity contribution in [1.29, 1.82) is 0 Å². The van der Waals surface area contributed by atoms with Gasteiger partial charge < -0.3 is 0 Å². The first-order valence-corrected chi connectivity index (χ1v) is 0. The first kappa shape index (κ1) is 28.7. The van der Waals surface area contributed by atoms with Gasteiger partial charge in [0.25, 0.3) is 0 Å². The van der Waals surface area contributed by atoms with Crippen LogP contribution in [0.3, 0.4) is 0 Å². The molecule has 0 heterocycles. The first-order chi connectivity index (χ1) is 0. The summed E-state index contributed by atoms with van der Waals surface area (Å²) in [4.78, 5) is 0. The Labute approximate surface area is 90.7 Å². The summed E-state index contributed by atoms with van der Waals surface area (Å²) < 4.78 is 0. The molecule has 0 saturated carbocycles. The standard InChI is InChI=1S/BrH.Ce.Co.Mn/h1H;;;. The Balaban J connectivity index is 0. The molecule has 0 spiro atoms. The van der Waals surface area contributed by atoms with E-state index in [1.165, 1.54) is 0 Å². The Morgan fingerprint density at radius 1 is 1.00 bits per heavy atom. The van der Waals surface area contributed by atoms with Gasteiger partial charge in [0.2, 0.25) is 0 Å². The molecule has 2 radical (unpaired) electrons. The van der Waals surface area contributed by atoms with Gasteiger partial charge in [-0.2, -0.15) is 0 Å². The smallest absolute Gasteiger partial charge is 0 e. The summed E-state index contributed by atoms with van der Waals surface area (Å²) in [5, 5.41) is 0. The number of rotatable bonds is 0. The molecule has 4 heteroatoms. The molecule has 0 atom stereocenters. The van der Waals surface area contributed by atoms with E-state index in [0.717, 1.165) is 0 Å². The molecule has 0 unspecified atom stereocenters. The molecule has 0 aliphatic carbocycles. The molecular formula is HBrCeCoMn. The zero-order valence-electron chi connectivity index (χ0n) is 1.62. The third kappa shape index (κ3) is 8.86. The maximum absolute atomic E-state index is 0. The number of hydrogen-bond donors (Lipinski definition) is 0. The molecule has 0 bridgehead atoms. The van der Waals surface area contributed by atoms with Crippen LogP contribution < -0.4 is 0 Å². The molecule has 0 aliphatic heterocycles. The number of halogens is 1. The van der Waals surface area contributed by atoms with Crippen molar-refractivity contribution in [3.63, 3.8) is 0 Å². The molecule has 0 amide bonds. The summed E-state index contributed by atoms with van der Waals surface area (Å²) in [7, 11) is 0. The predicted molar refractivity (Wildman–Crippen MR) is 10.3 cm³/mol. The third-order valence-electron chi connectivity index (χ3n) is 0. The molecule has 0 fully saturated rings. The summed E-state index contributed by atoms with van der Waals surface area (Å²) >= 11 is 0. The summed E-state index contributed by atoms with van der Waals surface area (Å²) in [5.74, 6) is 0. The van der Waals surface area contributed by atoms with Crippen molar-refractivity contribution >= 4 is 17.0 Å². The van der Waals surface area contributed by atoms with Crippen molar-refractivity contribution in [3.05, 3.63) is 0 Å². The summed E-state index contributed by atoms with van der Waals surface area (Å²) in [6, 6.07) is 0. The molecule has 0 aromatic heterocycles. The van der Waals surface area contributed by atoms with E-state index in [-0.39, 0.29) is 92.6 Å². The second kappa shape index (κ2) is 16.9. The Kier molecular flexibility index (Phi) is 121. The van der Waals surface area contributed by atoms with Crippen LogP contribution in [0, 0.1) is 41.7 Å². The average Bonchev–Trinajstić information content (AvgIpc) is 0. The molecule has 0 aromatic carbocycles. The maximum Gasteiger partial charge on any atom is 0 e. The molecule has 4 heavy (non-hydrogen) atoms. The van der Waals surface area contributed by atoms with Crippen molar-refractivity contribution in [1.82, 2.24) is 0 Å². The van der Waals surface area contributed by atoms with Crippen LogP contribution in [0.2, 0.25) is 0 Å². The fourth-order valence-electron chi connectivity index (χ4n) is 0. The van der Waals surface area contributed by atoms with Crippen LogP contribution in [0.25, 0.3) is 0 Å². The van der Waals surface area contributed by atoms with E-state index >= 15 is 0 Å². The fourth-order valence-corrected chi connectivity index (χ4v) is 0. The van der Waals surface area contributed by atoms with Crippen LogP contribution in [0.5, 0.6) is 0 Å². The largest absolute Gasteiger partial charge is 0.114 e. The minimum absolute atomic E-state index is 0. The summed E-state index contributed by atoms with van der Waals surface area (Å²) in [6.45, 7) is 0. The topological polar surface area (TPSA) is 0 Å². The monoisotopic (exact) mass is 334 g/mol. The fraction of sp³-hybridized carbons (Fsp3) is 0. The summed E-state index contributed by atoms with van der Waals surface area (Å²) in [6.07, 6.45) is 0. The molecule has 0 rings (SSSR count). The zero-order valence-corrected chi connectivity index (χ0v) is 8.69. The van der Waals surface area contributed by atoms with Crippen LogP contribution in [0.1, 0.15) is 0 Å². The van der Waals surface area contributed by atoms with Crippen molar-refractivity contribution in [2.75, 3.05) is 0 Å². The van der Waals surface area contributed by atoms with Gasteiger partial charge in [0, 0.05) is 75.6 Å². The van der Waals surface area contributed by atoms with E-state index in [4.69, 9.17) is 0 Å². The SMILES string of the molecule is Br.[Ce].[Co].[Mn]. The third-order valence-corrected chi connectivity index (χ3v) is 0. The van der Waals surface area contributed by atoms with Crippen LogP contribution >= 0.6 is 17.0 Å². The second-order valence-electron chi connectivity index (χ2n) is 0. The average molecular weight is 335 g/mol. The first-order valence-electron chi connectivity index (χ1n) is 0. The maximum atomic E-state index is 0. The van der Waals surface area contributed by atoms with Crippen LogP contribution in [0.15, 0.2) is 0 Å². The molecule has 28 valence electrons. The van der Waals surface area contributed by atoms with Crippen LogP contribution in [0.4, 0.5) is 0 Å². The van der Waals surface area contributed by atoms with Gasteiger partial charge in [-0.25, -0.2) is 0 Å². The number of hydrogen-bond acceptors (Lipinski definition) is 0. The van der Waals surface area contributed by atoms with E-state index in [0.29, 0.717) is 0 Å². The quantitative estimate of drug-likeness (QED) is 0.568. The van der Waals surface area contributed by atoms with Crippen molar-refractivity contribution in [2.45, 2.75) is 0 Å². The van der Waals surface area contributed by atoms with Gasteiger partial charge >= 0.3 is 0 Å². The molecule has 0 N–H and O–H groups in total. The molecule has 0 aromatic rings. The van der Waals surface area contributed by atoms with E-state index in [1.54, 1.807) is 0 Å². The van der Waals surface area contributed by atoms with E-state index < -0.39 is 0 Å². The molecule has 0 aliphatic rings. The molecular weight excluding hydrogens is 334 g/mol. The van der Waals surface area contributed by atoms with E-state index in [9.17, 15) is 0 Å². The Morgan fingerprint density at radius 2 is 1.00 bits per heavy atom. The van der Waals surface area contributed by atoms with E-state index in [2.05, 4.69) is 0 Å². The van der Waals surface area contributed by atoms with Crippen LogP contribution in [-0.4, -0.2) is 0 Å². The molecule has 0 nitrogen and oxygen atoms in total. The van der Waals surface area contributed by atoms with Gasteiger partial charge in [-0.1, -0.05) is 0 Å². The Bertz CT molecular complexity index is 8.00. The normalized spacial score (nSPS) is 0. The van der Waals surface area contributed by atoms with Gasteiger partial charge in [-0.3, -0.25) is 0 Å². The Morgan fingerprint density at radius 3 is 1.00 bits per heavy atom. The van der Waals surface area contributed by atoms with Gasteiger partial charge in [0.1, 0.15) is 0 Å². The second-order valence-corrected chi connectivity index (χ2v) is 0. The van der Waals surface area contributed by atoms with Gasteiger partial charge in [0.05, 0.1) is 0 Å².